The van der Waals surface area contributed by atoms with Gasteiger partial charge in [0, 0.05) is 10.9 Å². The maximum Gasteiger partial charge on any atom is 0.191 e. The number of fused-ring (bicyclic) bond motifs is 1. The average Bonchev–Trinajstić information content (AvgIpc) is 2.61. The van der Waals surface area contributed by atoms with Crippen LogP contribution in [0.15, 0.2) is 47.2 Å². The molecule has 1 aromatic rings. The maximum absolute atomic E-state index is 9.93. The lowest BCUT2D eigenvalue weighted by atomic mass is 9.56. The standard InChI is InChI=1S/C20H17ClN4/c1-12-5-6-15-16(7-12)18(13-3-2-4-14(21)8-13)20(10-23,11-24)19(25)17(15)9-22/h2-4,6,8,12,16,18H,5,7,25H2,1H3/t12-,16+,18+/m0/s1. The third-order valence-corrected chi connectivity index (χ3v) is 5.56. The summed E-state index contributed by atoms with van der Waals surface area (Å²) in [6, 6.07) is 13.6. The average molecular weight is 349 g/mol. The third kappa shape index (κ3) is 2.49. The van der Waals surface area contributed by atoms with Crippen molar-refractivity contribution in [2.75, 3.05) is 0 Å². The molecule has 0 spiro atoms. The molecule has 2 N–H and O–H groups in total. The van der Waals surface area contributed by atoms with Crippen molar-refractivity contribution in [3.05, 3.63) is 57.8 Å². The lowest BCUT2D eigenvalue weighted by molar-refractivity contribution is 0.284. The van der Waals surface area contributed by atoms with Crippen LogP contribution in [0.3, 0.4) is 0 Å². The number of nitriles is 3. The predicted octanol–water partition coefficient (Wildman–Crippen LogP) is 4.18. The molecule has 2 aliphatic carbocycles. The molecule has 2 aliphatic rings. The Balaban J connectivity index is 2.34. The van der Waals surface area contributed by atoms with Gasteiger partial charge in [-0.05, 0) is 47.9 Å². The molecule has 0 aromatic heterocycles. The van der Waals surface area contributed by atoms with E-state index < -0.39 is 11.3 Å². The monoisotopic (exact) mass is 348 g/mol. The molecule has 0 heterocycles. The zero-order chi connectivity index (χ0) is 18.2. The summed E-state index contributed by atoms with van der Waals surface area (Å²) in [5.41, 5.74) is 6.68. The smallest absolute Gasteiger partial charge is 0.191 e. The number of hydrogen-bond donors (Lipinski definition) is 1. The van der Waals surface area contributed by atoms with Crippen LogP contribution in [0.1, 0.15) is 31.2 Å². The Morgan fingerprint density at radius 3 is 2.56 bits per heavy atom. The van der Waals surface area contributed by atoms with E-state index in [1.165, 1.54) is 0 Å². The number of hydrogen-bond acceptors (Lipinski definition) is 4. The van der Waals surface area contributed by atoms with E-state index in [-0.39, 0.29) is 11.6 Å². The van der Waals surface area contributed by atoms with Gasteiger partial charge in [0.15, 0.2) is 5.41 Å². The number of benzene rings is 1. The molecular formula is C20H17ClN4. The first-order valence-electron chi connectivity index (χ1n) is 8.17. The van der Waals surface area contributed by atoms with E-state index in [1.54, 1.807) is 12.1 Å². The van der Waals surface area contributed by atoms with Gasteiger partial charge in [-0.15, -0.1) is 0 Å². The number of rotatable bonds is 1. The lowest BCUT2D eigenvalue weighted by Gasteiger charge is -2.44. The number of halogens is 1. The minimum absolute atomic E-state index is 0.0574. The van der Waals surface area contributed by atoms with Crippen molar-refractivity contribution in [3.63, 3.8) is 0 Å². The van der Waals surface area contributed by atoms with Gasteiger partial charge >= 0.3 is 0 Å². The van der Waals surface area contributed by atoms with Crippen molar-refractivity contribution in [2.45, 2.75) is 25.7 Å². The van der Waals surface area contributed by atoms with Crippen LogP contribution in [0.25, 0.3) is 0 Å². The van der Waals surface area contributed by atoms with Crippen LogP contribution in [0, 0.1) is 51.2 Å². The van der Waals surface area contributed by atoms with E-state index in [1.807, 2.05) is 18.2 Å². The second kappa shape index (κ2) is 6.29. The molecule has 3 rings (SSSR count). The first-order chi connectivity index (χ1) is 12.0. The van der Waals surface area contributed by atoms with E-state index in [0.717, 1.165) is 24.0 Å². The Bertz CT molecular complexity index is 893. The van der Waals surface area contributed by atoms with Crippen molar-refractivity contribution in [1.29, 1.82) is 15.8 Å². The third-order valence-electron chi connectivity index (χ3n) is 5.32. The summed E-state index contributed by atoms with van der Waals surface area (Å²) in [5.74, 6) is -0.152. The largest absolute Gasteiger partial charge is 0.399 e. The molecule has 0 amide bonds. The summed E-state index contributed by atoms with van der Waals surface area (Å²) in [7, 11) is 0. The van der Waals surface area contributed by atoms with Crippen LogP contribution in [-0.4, -0.2) is 0 Å². The zero-order valence-electron chi connectivity index (χ0n) is 13.8. The van der Waals surface area contributed by atoms with Crippen molar-refractivity contribution < 1.29 is 0 Å². The van der Waals surface area contributed by atoms with E-state index in [4.69, 9.17) is 17.3 Å². The van der Waals surface area contributed by atoms with Crippen LogP contribution >= 0.6 is 11.6 Å². The molecule has 0 saturated heterocycles. The highest BCUT2D eigenvalue weighted by Gasteiger charge is 2.54. The minimum Gasteiger partial charge on any atom is -0.399 e. The van der Waals surface area contributed by atoms with Crippen molar-refractivity contribution in [2.24, 2.45) is 23.0 Å². The van der Waals surface area contributed by atoms with Gasteiger partial charge in [0.05, 0.1) is 23.4 Å². The van der Waals surface area contributed by atoms with Gasteiger partial charge in [-0.1, -0.05) is 36.7 Å². The SMILES string of the molecule is C[C@H]1CC=C2C(C#N)=C(N)C(C#N)(C#N)[C@H](c3cccc(Cl)c3)[C@@H]2C1. The van der Waals surface area contributed by atoms with Crippen LogP contribution in [-0.2, 0) is 0 Å². The van der Waals surface area contributed by atoms with E-state index in [2.05, 4.69) is 25.1 Å². The maximum atomic E-state index is 9.93. The molecule has 0 fully saturated rings. The van der Waals surface area contributed by atoms with Crippen LogP contribution < -0.4 is 5.73 Å². The van der Waals surface area contributed by atoms with Crippen LogP contribution in [0.4, 0.5) is 0 Å². The molecule has 0 saturated carbocycles. The number of nitrogens with two attached hydrogens (primary N) is 1. The number of allylic oxidation sites excluding steroid dienone is 4. The van der Waals surface area contributed by atoms with E-state index in [9.17, 15) is 15.8 Å². The van der Waals surface area contributed by atoms with E-state index in [0.29, 0.717) is 16.5 Å². The zero-order valence-corrected chi connectivity index (χ0v) is 14.6. The van der Waals surface area contributed by atoms with Crippen molar-refractivity contribution in [1.82, 2.24) is 0 Å². The summed E-state index contributed by atoms with van der Waals surface area (Å²) in [6.07, 6.45) is 3.70. The highest BCUT2D eigenvalue weighted by atomic mass is 35.5. The molecule has 3 atom stereocenters. The van der Waals surface area contributed by atoms with Gasteiger partial charge in [-0.2, -0.15) is 15.8 Å². The van der Waals surface area contributed by atoms with Crippen LogP contribution in [0.5, 0.6) is 0 Å². The molecule has 0 radical (unpaired) electrons. The topological polar surface area (TPSA) is 97.4 Å². The van der Waals surface area contributed by atoms with Gasteiger partial charge < -0.3 is 5.73 Å². The van der Waals surface area contributed by atoms with Gasteiger partial charge in [0.2, 0.25) is 0 Å². The first-order valence-corrected chi connectivity index (χ1v) is 8.55. The molecule has 124 valence electrons. The fourth-order valence-corrected chi connectivity index (χ4v) is 4.35. The quantitative estimate of drug-likeness (QED) is 0.823. The second-order valence-electron chi connectivity index (χ2n) is 6.81. The van der Waals surface area contributed by atoms with Crippen molar-refractivity contribution >= 4 is 11.6 Å². The summed E-state index contributed by atoms with van der Waals surface area (Å²) in [5, 5.41) is 30.0. The Labute approximate surface area is 152 Å². The summed E-state index contributed by atoms with van der Waals surface area (Å²) < 4.78 is 0. The Kier molecular flexibility index (Phi) is 4.30. The van der Waals surface area contributed by atoms with Gasteiger partial charge in [-0.25, -0.2) is 0 Å². The molecule has 5 heteroatoms. The Morgan fingerprint density at radius 1 is 1.24 bits per heavy atom. The summed E-state index contributed by atoms with van der Waals surface area (Å²) in [6.45, 7) is 2.14. The van der Waals surface area contributed by atoms with E-state index >= 15 is 0 Å². The molecule has 1 aromatic carbocycles. The number of nitrogens with zero attached hydrogens (tertiary/aromatic N) is 3. The summed E-state index contributed by atoms with van der Waals surface area (Å²) >= 11 is 6.16. The van der Waals surface area contributed by atoms with Crippen LogP contribution in [0.2, 0.25) is 5.02 Å². The van der Waals surface area contributed by atoms with Gasteiger partial charge in [-0.3, -0.25) is 0 Å². The minimum atomic E-state index is -1.57. The first kappa shape index (κ1) is 17.1. The highest BCUT2D eigenvalue weighted by Crippen LogP contribution is 2.56. The molecular weight excluding hydrogens is 332 g/mol. The molecule has 0 unspecified atom stereocenters. The highest BCUT2D eigenvalue weighted by molar-refractivity contribution is 6.30. The summed E-state index contributed by atoms with van der Waals surface area (Å²) in [4.78, 5) is 0. The normalized spacial score (nSPS) is 27.3. The Morgan fingerprint density at radius 2 is 1.96 bits per heavy atom. The predicted molar refractivity (Wildman–Crippen MR) is 94.6 cm³/mol. The molecule has 0 aliphatic heterocycles. The van der Waals surface area contributed by atoms with Gasteiger partial charge in [0.1, 0.15) is 6.07 Å². The second-order valence-corrected chi connectivity index (χ2v) is 7.24. The Hall–Kier alpha value is -2.74. The van der Waals surface area contributed by atoms with Crippen molar-refractivity contribution in [3.8, 4) is 18.2 Å². The fourth-order valence-electron chi connectivity index (χ4n) is 4.15. The molecule has 0 bridgehead atoms. The lowest BCUT2D eigenvalue weighted by Crippen LogP contribution is -2.43. The fraction of sp³-hybridized carbons (Fsp3) is 0.350. The van der Waals surface area contributed by atoms with Gasteiger partial charge in [0.25, 0.3) is 0 Å². The molecule has 4 nitrogen and oxygen atoms in total. The molecule has 25 heavy (non-hydrogen) atoms.